The molecule has 1 unspecified atom stereocenters. The van der Waals surface area contributed by atoms with E-state index in [0.717, 1.165) is 5.56 Å². The van der Waals surface area contributed by atoms with Gasteiger partial charge in [0.1, 0.15) is 5.75 Å². The highest BCUT2D eigenvalue weighted by Crippen LogP contribution is 2.31. The standard InChI is InChI=1S/C13H19NO3/c1-13(2,3)8-4-5-11(15)9(6-8)10(7-14)12(16)17/h4-6,10,15H,7,14H2,1-3H3,(H,16,17). The van der Waals surface area contributed by atoms with Crippen molar-refractivity contribution in [1.29, 1.82) is 0 Å². The molecule has 94 valence electrons. The van der Waals surface area contributed by atoms with Crippen LogP contribution in [0.25, 0.3) is 0 Å². The van der Waals surface area contributed by atoms with E-state index in [2.05, 4.69) is 0 Å². The zero-order chi connectivity index (χ0) is 13.2. The average molecular weight is 237 g/mol. The van der Waals surface area contributed by atoms with Crippen LogP contribution in [-0.4, -0.2) is 22.7 Å². The Labute approximate surface area is 101 Å². The summed E-state index contributed by atoms with van der Waals surface area (Å²) in [5.74, 6) is -1.90. The van der Waals surface area contributed by atoms with E-state index in [1.807, 2.05) is 20.8 Å². The molecule has 1 aromatic carbocycles. The number of nitrogens with two attached hydrogens (primary N) is 1. The summed E-state index contributed by atoms with van der Waals surface area (Å²) in [4.78, 5) is 11.1. The maximum Gasteiger partial charge on any atom is 0.312 e. The van der Waals surface area contributed by atoms with Gasteiger partial charge in [0.05, 0.1) is 5.92 Å². The lowest BCUT2D eigenvalue weighted by molar-refractivity contribution is -0.138. The van der Waals surface area contributed by atoms with E-state index in [-0.39, 0.29) is 17.7 Å². The first kappa shape index (κ1) is 13.5. The third kappa shape index (κ3) is 2.97. The molecule has 0 aromatic heterocycles. The predicted molar refractivity (Wildman–Crippen MR) is 66.2 cm³/mol. The van der Waals surface area contributed by atoms with Gasteiger partial charge in [-0.1, -0.05) is 32.9 Å². The van der Waals surface area contributed by atoms with Crippen LogP contribution in [0.1, 0.15) is 37.8 Å². The highest BCUT2D eigenvalue weighted by atomic mass is 16.4. The molecule has 0 spiro atoms. The van der Waals surface area contributed by atoms with Gasteiger partial charge in [-0.2, -0.15) is 0 Å². The van der Waals surface area contributed by atoms with Crippen LogP contribution in [0.3, 0.4) is 0 Å². The van der Waals surface area contributed by atoms with Gasteiger partial charge >= 0.3 is 5.97 Å². The summed E-state index contributed by atoms with van der Waals surface area (Å²) < 4.78 is 0. The first-order chi connectivity index (χ1) is 7.77. The molecule has 0 fully saturated rings. The number of benzene rings is 1. The molecule has 17 heavy (non-hydrogen) atoms. The smallest absolute Gasteiger partial charge is 0.312 e. The van der Waals surface area contributed by atoms with E-state index in [1.54, 1.807) is 12.1 Å². The number of carboxylic acid groups (broad SMARTS) is 1. The molecule has 0 saturated heterocycles. The lowest BCUT2D eigenvalue weighted by Gasteiger charge is -2.21. The molecule has 1 atom stereocenters. The molecule has 0 aliphatic heterocycles. The van der Waals surface area contributed by atoms with Gasteiger partial charge in [0.25, 0.3) is 0 Å². The molecular weight excluding hydrogens is 218 g/mol. The van der Waals surface area contributed by atoms with Gasteiger partial charge in [-0.25, -0.2) is 0 Å². The van der Waals surface area contributed by atoms with Crippen LogP contribution < -0.4 is 5.73 Å². The number of hydrogen-bond donors (Lipinski definition) is 3. The molecular formula is C13H19NO3. The van der Waals surface area contributed by atoms with E-state index in [1.165, 1.54) is 6.07 Å². The number of aliphatic carboxylic acids is 1. The van der Waals surface area contributed by atoms with Crippen LogP contribution in [0.5, 0.6) is 5.75 Å². The molecule has 0 aliphatic carbocycles. The van der Waals surface area contributed by atoms with Gasteiger partial charge in [-0.05, 0) is 17.0 Å². The van der Waals surface area contributed by atoms with Crippen LogP contribution in [0.15, 0.2) is 18.2 Å². The van der Waals surface area contributed by atoms with Crippen molar-refractivity contribution >= 4 is 5.97 Å². The van der Waals surface area contributed by atoms with Crippen LogP contribution in [0, 0.1) is 0 Å². The molecule has 0 amide bonds. The van der Waals surface area contributed by atoms with Crippen molar-refractivity contribution in [3.63, 3.8) is 0 Å². The SMILES string of the molecule is CC(C)(C)c1ccc(O)c(C(CN)C(=O)O)c1. The van der Waals surface area contributed by atoms with Crippen LogP contribution in [-0.2, 0) is 10.2 Å². The second-order valence-corrected chi connectivity index (χ2v) is 5.15. The third-order valence-electron chi connectivity index (χ3n) is 2.80. The predicted octanol–water partition coefficient (Wildman–Crippen LogP) is 1.82. The molecule has 4 nitrogen and oxygen atoms in total. The van der Waals surface area contributed by atoms with E-state index in [9.17, 15) is 9.90 Å². The van der Waals surface area contributed by atoms with Gasteiger partial charge < -0.3 is 15.9 Å². The van der Waals surface area contributed by atoms with Gasteiger partial charge in [-0.15, -0.1) is 0 Å². The minimum Gasteiger partial charge on any atom is -0.508 e. The van der Waals surface area contributed by atoms with Crippen molar-refractivity contribution < 1.29 is 15.0 Å². The fourth-order valence-electron chi connectivity index (χ4n) is 1.66. The molecule has 1 rings (SSSR count). The number of phenolic OH excluding ortho intramolecular Hbond substituents is 1. The summed E-state index contributed by atoms with van der Waals surface area (Å²) in [6.07, 6.45) is 0. The van der Waals surface area contributed by atoms with Gasteiger partial charge in [0.15, 0.2) is 0 Å². The second kappa shape index (κ2) is 4.75. The summed E-state index contributed by atoms with van der Waals surface area (Å²) in [6, 6.07) is 5.05. The van der Waals surface area contributed by atoms with Gasteiger partial charge in [0, 0.05) is 12.1 Å². The topological polar surface area (TPSA) is 83.5 Å². The lowest BCUT2D eigenvalue weighted by Crippen LogP contribution is -2.22. The Morgan fingerprint density at radius 1 is 1.41 bits per heavy atom. The minimum absolute atomic E-state index is 0.0177. The van der Waals surface area contributed by atoms with Gasteiger partial charge in [0.2, 0.25) is 0 Å². The molecule has 4 N–H and O–H groups in total. The van der Waals surface area contributed by atoms with Crippen molar-refractivity contribution in [2.45, 2.75) is 32.1 Å². The number of hydrogen-bond acceptors (Lipinski definition) is 3. The zero-order valence-corrected chi connectivity index (χ0v) is 10.4. The van der Waals surface area contributed by atoms with Crippen molar-refractivity contribution in [2.75, 3.05) is 6.54 Å². The summed E-state index contributed by atoms with van der Waals surface area (Å²) in [5.41, 5.74) is 6.70. The van der Waals surface area contributed by atoms with Crippen molar-refractivity contribution in [1.82, 2.24) is 0 Å². The number of carboxylic acids is 1. The first-order valence-electron chi connectivity index (χ1n) is 5.53. The molecule has 0 heterocycles. The molecule has 4 heteroatoms. The monoisotopic (exact) mass is 237 g/mol. The summed E-state index contributed by atoms with van der Waals surface area (Å²) in [5, 5.41) is 18.8. The number of carbonyl (C=O) groups is 1. The molecule has 0 saturated carbocycles. The maximum atomic E-state index is 11.1. The normalized spacial score (nSPS) is 13.4. The fourth-order valence-corrected chi connectivity index (χ4v) is 1.66. The van der Waals surface area contributed by atoms with E-state index in [0.29, 0.717) is 5.56 Å². The number of rotatable bonds is 3. The highest BCUT2D eigenvalue weighted by Gasteiger charge is 2.23. The fraction of sp³-hybridized carbons (Fsp3) is 0.462. The van der Waals surface area contributed by atoms with E-state index < -0.39 is 11.9 Å². The van der Waals surface area contributed by atoms with Crippen molar-refractivity contribution in [3.8, 4) is 5.75 Å². The second-order valence-electron chi connectivity index (χ2n) is 5.15. The number of aromatic hydroxyl groups is 1. The van der Waals surface area contributed by atoms with Crippen LogP contribution in [0.2, 0.25) is 0 Å². The first-order valence-corrected chi connectivity index (χ1v) is 5.53. The highest BCUT2D eigenvalue weighted by molar-refractivity contribution is 5.77. The van der Waals surface area contributed by atoms with E-state index >= 15 is 0 Å². The molecule has 0 radical (unpaired) electrons. The molecule has 0 aliphatic rings. The Bertz CT molecular complexity index is 421. The zero-order valence-electron chi connectivity index (χ0n) is 10.4. The van der Waals surface area contributed by atoms with Crippen molar-refractivity contribution in [3.05, 3.63) is 29.3 Å². The van der Waals surface area contributed by atoms with E-state index in [4.69, 9.17) is 10.8 Å². The Morgan fingerprint density at radius 2 is 2.00 bits per heavy atom. The Balaban J connectivity index is 3.28. The largest absolute Gasteiger partial charge is 0.508 e. The Hall–Kier alpha value is -1.55. The Kier molecular flexibility index (Phi) is 3.78. The molecule has 0 bridgehead atoms. The summed E-state index contributed by atoms with van der Waals surface area (Å²) in [7, 11) is 0. The Morgan fingerprint density at radius 3 is 2.41 bits per heavy atom. The van der Waals surface area contributed by atoms with Crippen LogP contribution in [0.4, 0.5) is 0 Å². The molecule has 1 aromatic rings. The number of phenols is 1. The average Bonchev–Trinajstić information content (AvgIpc) is 2.19. The summed E-state index contributed by atoms with van der Waals surface area (Å²) in [6.45, 7) is 6.06. The maximum absolute atomic E-state index is 11.1. The quantitative estimate of drug-likeness (QED) is 0.748. The minimum atomic E-state index is -1.02. The lowest BCUT2D eigenvalue weighted by atomic mass is 9.84. The van der Waals surface area contributed by atoms with Crippen molar-refractivity contribution in [2.24, 2.45) is 5.73 Å². The summed E-state index contributed by atoms with van der Waals surface area (Å²) >= 11 is 0. The third-order valence-corrected chi connectivity index (χ3v) is 2.80. The van der Waals surface area contributed by atoms with Crippen LogP contribution >= 0.6 is 0 Å². The van der Waals surface area contributed by atoms with Gasteiger partial charge in [-0.3, -0.25) is 4.79 Å².